The molecule has 0 amide bonds. The number of hydrogen-bond donors (Lipinski definition) is 0. The van der Waals surface area contributed by atoms with Crippen molar-refractivity contribution in [2.24, 2.45) is 0 Å². The molecule has 0 aliphatic carbocycles. The molecule has 0 saturated heterocycles. The summed E-state index contributed by atoms with van der Waals surface area (Å²) in [6.45, 7) is 13.7. The van der Waals surface area contributed by atoms with Crippen LogP contribution < -0.4 is 0 Å². The monoisotopic (exact) mass is 350 g/mol. The van der Waals surface area contributed by atoms with Gasteiger partial charge in [-0.05, 0) is 0 Å². The van der Waals surface area contributed by atoms with Gasteiger partial charge in [-0.3, -0.25) is 0 Å². The zero-order chi connectivity index (χ0) is 12.8. The Kier molecular flexibility index (Phi) is 7.59. The third kappa shape index (κ3) is 2.95. The van der Waals surface area contributed by atoms with Gasteiger partial charge in [-0.2, -0.15) is 0 Å². The SMILES string of the molecule is C[CH2][Ge]([CH2]C)([CH2]C)[C](=O)[Ge]([CH2]C)([CH2]C)[CH2]C. The fourth-order valence-corrected chi connectivity index (χ4v) is 39.6. The molecule has 0 aromatic heterocycles. The third-order valence-electron chi connectivity index (χ3n) is 5.02. The van der Waals surface area contributed by atoms with E-state index in [1.165, 1.54) is 31.5 Å². The maximum absolute atomic E-state index is 13.0. The van der Waals surface area contributed by atoms with Crippen LogP contribution in [-0.4, -0.2) is 30.0 Å². The molecule has 0 aliphatic heterocycles. The Morgan fingerprint density at radius 1 is 0.625 bits per heavy atom. The van der Waals surface area contributed by atoms with E-state index in [9.17, 15) is 4.79 Å². The Balaban J connectivity index is 5.26. The van der Waals surface area contributed by atoms with Crippen LogP contribution in [0.4, 0.5) is 4.79 Å². The van der Waals surface area contributed by atoms with Crippen LogP contribution in [0.1, 0.15) is 41.5 Å². The zero-order valence-electron chi connectivity index (χ0n) is 12.2. The first kappa shape index (κ1) is 16.8. The molecule has 0 aromatic rings. The van der Waals surface area contributed by atoms with Crippen LogP contribution in [0.3, 0.4) is 0 Å². The van der Waals surface area contributed by atoms with Crippen LogP contribution >= 0.6 is 0 Å². The predicted molar refractivity (Wildman–Crippen MR) is 79.8 cm³/mol. The summed E-state index contributed by atoms with van der Waals surface area (Å²) in [6, 6.07) is 0. The molecule has 0 fully saturated rings. The molecule has 0 unspecified atom stereocenters. The third-order valence-corrected chi connectivity index (χ3v) is 37.7. The summed E-state index contributed by atoms with van der Waals surface area (Å²) in [6.07, 6.45) is 0. The van der Waals surface area contributed by atoms with Crippen LogP contribution in [0.5, 0.6) is 0 Å². The van der Waals surface area contributed by atoms with Crippen molar-refractivity contribution >= 4 is 30.0 Å². The van der Waals surface area contributed by atoms with E-state index in [1.54, 1.807) is 0 Å². The molecule has 1 nitrogen and oxygen atoms in total. The van der Waals surface area contributed by atoms with Gasteiger partial charge in [0.15, 0.2) is 0 Å². The minimum absolute atomic E-state index is 0.903. The maximum atomic E-state index is 13.0. The van der Waals surface area contributed by atoms with Crippen molar-refractivity contribution < 1.29 is 4.79 Å². The molecule has 0 rings (SSSR count). The second-order valence-electron chi connectivity index (χ2n) is 5.01. The van der Waals surface area contributed by atoms with Crippen LogP contribution in [0.15, 0.2) is 0 Å². The first-order chi connectivity index (χ1) is 7.52. The van der Waals surface area contributed by atoms with Crippen molar-refractivity contribution in [3.8, 4) is 0 Å². The summed E-state index contributed by atoms with van der Waals surface area (Å²) in [5.41, 5.74) is 0. The first-order valence-electron chi connectivity index (χ1n) is 7.07. The van der Waals surface area contributed by atoms with Crippen LogP contribution in [-0.2, 0) is 0 Å². The van der Waals surface area contributed by atoms with Crippen LogP contribution in [0.2, 0.25) is 31.5 Å². The van der Waals surface area contributed by atoms with E-state index in [0.717, 1.165) is 3.45 Å². The number of carbonyl (C=O) groups is 1. The van der Waals surface area contributed by atoms with Crippen molar-refractivity contribution in [1.29, 1.82) is 0 Å². The summed E-state index contributed by atoms with van der Waals surface area (Å²) in [7, 11) is 0. The molecule has 16 heavy (non-hydrogen) atoms. The van der Waals surface area contributed by atoms with E-state index >= 15 is 0 Å². The Morgan fingerprint density at radius 2 is 0.812 bits per heavy atom. The molecule has 96 valence electrons. The van der Waals surface area contributed by atoms with E-state index in [0.29, 0.717) is 0 Å². The summed E-state index contributed by atoms with van der Waals surface area (Å²) in [5.74, 6) is 0. The van der Waals surface area contributed by atoms with Gasteiger partial charge in [-0.1, -0.05) is 0 Å². The molecule has 0 aromatic carbocycles. The second kappa shape index (κ2) is 7.25. The van der Waals surface area contributed by atoms with Crippen molar-refractivity contribution in [3.63, 3.8) is 0 Å². The Morgan fingerprint density at radius 3 is 0.938 bits per heavy atom. The Bertz CT molecular complexity index is 179. The van der Waals surface area contributed by atoms with Gasteiger partial charge in [0, 0.05) is 0 Å². The van der Waals surface area contributed by atoms with E-state index in [2.05, 4.69) is 41.5 Å². The Hall–Kier alpha value is 0.756. The average Bonchev–Trinajstić information content (AvgIpc) is 2.35. The number of carbonyl (C=O) groups excluding carboxylic acids is 1. The summed E-state index contributed by atoms with van der Waals surface area (Å²) in [4.78, 5) is 13.0. The van der Waals surface area contributed by atoms with Crippen molar-refractivity contribution in [1.82, 2.24) is 0 Å². The van der Waals surface area contributed by atoms with Crippen molar-refractivity contribution in [2.45, 2.75) is 73.1 Å². The normalized spacial score (nSPS) is 12.9. The Labute approximate surface area is 107 Å². The fourth-order valence-electron chi connectivity index (χ4n) is 3.03. The fraction of sp³-hybridized carbons (Fsp3) is 0.923. The van der Waals surface area contributed by atoms with Crippen LogP contribution in [0.25, 0.3) is 0 Å². The average molecular weight is 348 g/mol. The molecule has 0 heterocycles. The van der Waals surface area contributed by atoms with E-state index < -0.39 is 26.5 Å². The molecular formula is C13H30Ge2O. The van der Waals surface area contributed by atoms with E-state index in [1.807, 2.05) is 0 Å². The van der Waals surface area contributed by atoms with Gasteiger partial charge in [0.05, 0.1) is 0 Å². The molecule has 0 N–H and O–H groups in total. The molecule has 3 heteroatoms. The molecule has 0 saturated carbocycles. The van der Waals surface area contributed by atoms with Gasteiger partial charge in [0.25, 0.3) is 0 Å². The van der Waals surface area contributed by atoms with Gasteiger partial charge in [0.2, 0.25) is 0 Å². The number of rotatable bonds is 8. The molecule has 0 atom stereocenters. The van der Waals surface area contributed by atoms with Gasteiger partial charge < -0.3 is 0 Å². The predicted octanol–water partition coefficient (Wildman–Crippen LogP) is 5.29. The topological polar surface area (TPSA) is 17.1 Å². The van der Waals surface area contributed by atoms with E-state index in [-0.39, 0.29) is 0 Å². The van der Waals surface area contributed by atoms with Gasteiger partial charge in [-0.25, -0.2) is 0 Å². The zero-order valence-corrected chi connectivity index (χ0v) is 16.3. The molecule has 0 radical (unpaired) electrons. The molecule has 0 aliphatic rings. The molecule has 0 spiro atoms. The first-order valence-corrected chi connectivity index (χ1v) is 18.1. The summed E-state index contributed by atoms with van der Waals surface area (Å²) in [5, 5.41) is 7.33. The van der Waals surface area contributed by atoms with Gasteiger partial charge >= 0.3 is 108 Å². The van der Waals surface area contributed by atoms with Crippen molar-refractivity contribution in [2.75, 3.05) is 0 Å². The quantitative estimate of drug-likeness (QED) is 0.545. The molecule has 0 bridgehead atoms. The second-order valence-corrected chi connectivity index (χ2v) is 28.8. The molecular weight excluding hydrogens is 317 g/mol. The summed E-state index contributed by atoms with van der Waals surface area (Å²) >= 11 is -4.26. The van der Waals surface area contributed by atoms with Gasteiger partial charge in [-0.15, -0.1) is 0 Å². The standard InChI is InChI=1S/C13H30Ge2O/c1-7-14(8-2,9-3)13(16)15(10-4,11-5)12-6/h7-12H2,1-6H3. The minimum atomic E-state index is -2.13. The number of hydrogen-bond acceptors (Lipinski definition) is 1. The van der Waals surface area contributed by atoms with Crippen LogP contribution in [0, 0.1) is 0 Å². The van der Waals surface area contributed by atoms with Gasteiger partial charge in [0.1, 0.15) is 0 Å². The summed E-state index contributed by atoms with van der Waals surface area (Å²) < 4.78 is 0.903. The van der Waals surface area contributed by atoms with Crippen molar-refractivity contribution in [3.05, 3.63) is 0 Å². The van der Waals surface area contributed by atoms with E-state index in [4.69, 9.17) is 0 Å².